The summed E-state index contributed by atoms with van der Waals surface area (Å²) in [5, 5.41) is 0. The van der Waals surface area contributed by atoms with Crippen LogP contribution in [0.1, 0.15) is 19.4 Å². The van der Waals surface area contributed by atoms with Gasteiger partial charge in [-0.2, -0.15) is 0 Å². The van der Waals surface area contributed by atoms with E-state index >= 15 is 0 Å². The van der Waals surface area contributed by atoms with Gasteiger partial charge < -0.3 is 15.2 Å². The lowest BCUT2D eigenvalue weighted by Gasteiger charge is -2.15. The molecule has 0 bridgehead atoms. The highest BCUT2D eigenvalue weighted by Gasteiger charge is 2.20. The lowest BCUT2D eigenvalue weighted by molar-refractivity contribution is -0.156. The Kier molecular flexibility index (Phi) is 5.49. The zero-order chi connectivity index (χ0) is 12.7. The van der Waals surface area contributed by atoms with E-state index in [9.17, 15) is 4.79 Å². The molecule has 4 nitrogen and oxygen atoms in total. The van der Waals surface area contributed by atoms with Crippen LogP contribution in [0.15, 0.2) is 24.3 Å². The van der Waals surface area contributed by atoms with Gasteiger partial charge in [-0.1, -0.05) is 12.1 Å². The van der Waals surface area contributed by atoms with Crippen molar-refractivity contribution in [1.82, 2.24) is 0 Å². The number of carbonyl (C=O) groups excluding carboxylic acids is 1. The second-order valence-electron chi connectivity index (χ2n) is 3.64. The van der Waals surface area contributed by atoms with Gasteiger partial charge in [-0.05, 0) is 31.5 Å². The van der Waals surface area contributed by atoms with Crippen molar-refractivity contribution in [3.63, 3.8) is 0 Å². The first kappa shape index (κ1) is 13.5. The maximum absolute atomic E-state index is 11.6. The Labute approximate surface area is 102 Å². The van der Waals surface area contributed by atoms with Gasteiger partial charge in [0.2, 0.25) is 0 Å². The lowest BCUT2D eigenvalue weighted by Crippen LogP contribution is -2.28. The van der Waals surface area contributed by atoms with Gasteiger partial charge in [0.15, 0.2) is 6.10 Å². The van der Waals surface area contributed by atoms with Gasteiger partial charge in [0.1, 0.15) is 0 Å². The lowest BCUT2D eigenvalue weighted by atomic mass is 10.1. The summed E-state index contributed by atoms with van der Waals surface area (Å²) in [5.41, 5.74) is 7.31. The third-order valence-corrected chi connectivity index (χ3v) is 2.32. The predicted octanol–water partition coefficient (Wildman–Crippen LogP) is 1.78. The molecule has 0 saturated heterocycles. The fraction of sp³-hybridized carbons (Fsp3) is 0.462. The van der Waals surface area contributed by atoms with Crippen molar-refractivity contribution in [2.24, 2.45) is 0 Å². The van der Waals surface area contributed by atoms with Gasteiger partial charge in [0.05, 0.1) is 6.61 Å². The highest BCUT2D eigenvalue weighted by atomic mass is 16.6. The molecule has 2 N–H and O–H groups in total. The Hall–Kier alpha value is -1.55. The van der Waals surface area contributed by atoms with Crippen LogP contribution >= 0.6 is 0 Å². The minimum absolute atomic E-state index is 0.314. The molecule has 1 rings (SSSR count). The molecule has 0 radical (unpaired) electrons. The van der Waals surface area contributed by atoms with Gasteiger partial charge in [-0.15, -0.1) is 0 Å². The molecule has 0 aliphatic rings. The van der Waals surface area contributed by atoms with E-state index in [1.54, 1.807) is 6.92 Å². The summed E-state index contributed by atoms with van der Waals surface area (Å²) in [6.45, 7) is 4.49. The molecule has 0 heterocycles. The normalized spacial score (nSPS) is 12.1. The van der Waals surface area contributed by atoms with Crippen molar-refractivity contribution in [3.05, 3.63) is 29.8 Å². The minimum atomic E-state index is -0.538. The zero-order valence-electron chi connectivity index (χ0n) is 10.3. The van der Waals surface area contributed by atoms with Crippen LogP contribution in [0.25, 0.3) is 0 Å². The van der Waals surface area contributed by atoms with Crippen LogP contribution in [-0.4, -0.2) is 25.3 Å². The highest BCUT2D eigenvalue weighted by Crippen LogP contribution is 2.10. The number of rotatable bonds is 6. The third kappa shape index (κ3) is 4.44. The molecule has 0 aliphatic carbocycles. The van der Waals surface area contributed by atoms with Crippen molar-refractivity contribution in [3.8, 4) is 0 Å². The van der Waals surface area contributed by atoms with E-state index in [2.05, 4.69) is 0 Å². The quantitative estimate of drug-likeness (QED) is 0.605. The summed E-state index contributed by atoms with van der Waals surface area (Å²) in [5.74, 6) is -0.314. The van der Waals surface area contributed by atoms with Crippen molar-refractivity contribution in [2.75, 3.05) is 18.9 Å². The van der Waals surface area contributed by atoms with Gasteiger partial charge in [0.25, 0.3) is 0 Å². The Balaban J connectivity index is 2.65. The van der Waals surface area contributed by atoms with Gasteiger partial charge in [0, 0.05) is 18.7 Å². The molecule has 0 aromatic heterocycles. The fourth-order valence-corrected chi connectivity index (χ4v) is 1.51. The first-order valence-corrected chi connectivity index (χ1v) is 5.80. The molecular formula is C13H19NO3. The number of carbonyl (C=O) groups is 1. The number of anilines is 1. The van der Waals surface area contributed by atoms with Crippen LogP contribution in [0.4, 0.5) is 5.69 Å². The van der Waals surface area contributed by atoms with Gasteiger partial charge >= 0.3 is 5.97 Å². The van der Waals surface area contributed by atoms with Gasteiger partial charge in [-0.25, -0.2) is 4.79 Å². The molecule has 4 heteroatoms. The summed E-state index contributed by atoms with van der Waals surface area (Å²) in [6.07, 6.45) is -0.0315. The van der Waals surface area contributed by atoms with E-state index in [1.807, 2.05) is 31.2 Å². The molecular weight excluding hydrogens is 218 g/mol. The molecule has 0 spiro atoms. The first-order valence-electron chi connectivity index (χ1n) is 5.80. The Morgan fingerprint density at radius 2 is 1.88 bits per heavy atom. The number of hydrogen-bond acceptors (Lipinski definition) is 4. The minimum Gasteiger partial charge on any atom is -0.464 e. The number of nitrogen functional groups attached to an aromatic ring is 1. The number of nitrogens with two attached hydrogens (primary N) is 1. The molecule has 0 fully saturated rings. The first-order chi connectivity index (χ1) is 8.17. The summed E-state index contributed by atoms with van der Waals surface area (Å²) < 4.78 is 10.3. The van der Waals surface area contributed by atoms with Crippen molar-refractivity contribution in [2.45, 2.75) is 26.4 Å². The van der Waals surface area contributed by atoms with E-state index in [0.717, 1.165) is 5.56 Å². The predicted molar refractivity (Wildman–Crippen MR) is 66.6 cm³/mol. The number of hydrogen-bond donors (Lipinski definition) is 1. The summed E-state index contributed by atoms with van der Waals surface area (Å²) >= 11 is 0. The Bertz CT molecular complexity index is 348. The number of esters is 1. The van der Waals surface area contributed by atoms with Crippen LogP contribution in [0.5, 0.6) is 0 Å². The summed E-state index contributed by atoms with van der Waals surface area (Å²) in [7, 11) is 0. The summed E-state index contributed by atoms with van der Waals surface area (Å²) in [6, 6.07) is 7.40. The fourth-order valence-electron chi connectivity index (χ4n) is 1.51. The molecule has 0 amide bonds. The van der Waals surface area contributed by atoms with Crippen LogP contribution in [0.2, 0.25) is 0 Å². The number of benzene rings is 1. The monoisotopic (exact) mass is 237 g/mol. The SMILES string of the molecule is CCOC(=O)C(Cc1ccc(N)cc1)OCC. The van der Waals surface area contributed by atoms with Crippen LogP contribution in [0.3, 0.4) is 0 Å². The van der Waals surface area contributed by atoms with E-state index in [-0.39, 0.29) is 5.97 Å². The molecule has 94 valence electrons. The second-order valence-corrected chi connectivity index (χ2v) is 3.64. The Morgan fingerprint density at radius 3 is 2.41 bits per heavy atom. The molecule has 0 saturated carbocycles. The standard InChI is InChI=1S/C13H19NO3/c1-3-16-12(13(15)17-4-2)9-10-5-7-11(14)8-6-10/h5-8,12H,3-4,9,14H2,1-2H3. The van der Waals surface area contributed by atoms with Crippen molar-refractivity contribution < 1.29 is 14.3 Å². The van der Waals surface area contributed by atoms with E-state index < -0.39 is 6.10 Å². The maximum atomic E-state index is 11.6. The van der Waals surface area contributed by atoms with Crippen molar-refractivity contribution in [1.29, 1.82) is 0 Å². The third-order valence-electron chi connectivity index (χ3n) is 2.32. The molecule has 1 aromatic rings. The second kappa shape index (κ2) is 6.91. The number of ether oxygens (including phenoxy) is 2. The average Bonchev–Trinajstić information content (AvgIpc) is 2.31. The van der Waals surface area contributed by atoms with Crippen LogP contribution in [-0.2, 0) is 20.7 Å². The average molecular weight is 237 g/mol. The van der Waals surface area contributed by atoms with E-state index in [4.69, 9.17) is 15.2 Å². The highest BCUT2D eigenvalue weighted by molar-refractivity contribution is 5.75. The molecule has 0 aliphatic heterocycles. The smallest absolute Gasteiger partial charge is 0.335 e. The molecule has 1 aromatic carbocycles. The maximum Gasteiger partial charge on any atom is 0.335 e. The van der Waals surface area contributed by atoms with E-state index in [1.165, 1.54) is 0 Å². The van der Waals surface area contributed by atoms with Crippen molar-refractivity contribution >= 4 is 11.7 Å². The Morgan fingerprint density at radius 1 is 1.24 bits per heavy atom. The molecule has 1 atom stereocenters. The molecule has 17 heavy (non-hydrogen) atoms. The topological polar surface area (TPSA) is 61.5 Å². The zero-order valence-corrected chi connectivity index (χ0v) is 10.3. The largest absolute Gasteiger partial charge is 0.464 e. The van der Waals surface area contributed by atoms with Crippen LogP contribution < -0.4 is 5.73 Å². The summed E-state index contributed by atoms with van der Waals surface area (Å²) in [4.78, 5) is 11.6. The molecule has 1 unspecified atom stereocenters. The van der Waals surface area contributed by atoms with Gasteiger partial charge in [-0.3, -0.25) is 0 Å². The van der Waals surface area contributed by atoms with Crippen LogP contribution in [0, 0.1) is 0 Å². The van der Waals surface area contributed by atoms with E-state index in [0.29, 0.717) is 25.3 Å².